The number of Topliss-reactive ketones (excluding diaryl/α,β-unsaturated/α-hetero) is 1. The van der Waals surface area contributed by atoms with Crippen LogP contribution in [0, 0.1) is 17.0 Å². The molecule has 3 aromatic carbocycles. The Balaban J connectivity index is 1.64. The van der Waals surface area contributed by atoms with Crippen LogP contribution in [0.5, 0.6) is 5.75 Å². The van der Waals surface area contributed by atoms with Gasteiger partial charge in [0.1, 0.15) is 18.1 Å². The van der Waals surface area contributed by atoms with Gasteiger partial charge in [-0.25, -0.2) is 0 Å². The van der Waals surface area contributed by atoms with Gasteiger partial charge in [-0.15, -0.1) is 0 Å². The Morgan fingerprint density at radius 2 is 1.74 bits per heavy atom. The molecule has 39 heavy (non-hydrogen) atoms. The molecule has 1 aliphatic heterocycles. The molecule has 0 saturated carbocycles. The van der Waals surface area contributed by atoms with Crippen LogP contribution in [0.3, 0.4) is 0 Å². The fourth-order valence-corrected chi connectivity index (χ4v) is 4.63. The second-order valence-electron chi connectivity index (χ2n) is 9.80. The monoisotopic (exact) mass is 529 g/mol. The number of carbonyl (C=O) groups is 2. The second kappa shape index (κ2) is 11.9. The van der Waals surface area contributed by atoms with Crippen molar-refractivity contribution in [1.29, 1.82) is 0 Å². The summed E-state index contributed by atoms with van der Waals surface area (Å²) in [5.41, 5.74) is 2.87. The molecule has 0 unspecified atom stereocenters. The number of likely N-dealkylation sites (tertiary alicyclic amines) is 1. The fraction of sp³-hybridized carbons (Fsp3) is 0.267. The minimum absolute atomic E-state index is 0.0489. The van der Waals surface area contributed by atoms with Gasteiger partial charge < -0.3 is 19.6 Å². The largest absolute Gasteiger partial charge is 0.507 e. The number of rotatable bonds is 10. The first-order chi connectivity index (χ1) is 18.7. The van der Waals surface area contributed by atoms with Crippen LogP contribution < -0.4 is 4.74 Å². The third-order valence-electron chi connectivity index (χ3n) is 6.58. The highest BCUT2D eigenvalue weighted by atomic mass is 16.6. The van der Waals surface area contributed by atoms with Crippen molar-refractivity contribution < 1.29 is 24.4 Å². The van der Waals surface area contributed by atoms with Crippen LogP contribution in [0.15, 0.2) is 78.4 Å². The maximum absolute atomic E-state index is 13.2. The predicted octanol–water partition coefficient (Wildman–Crippen LogP) is 4.86. The van der Waals surface area contributed by atoms with Gasteiger partial charge in [-0.2, -0.15) is 0 Å². The summed E-state index contributed by atoms with van der Waals surface area (Å²) in [6, 6.07) is 19.5. The topological polar surface area (TPSA) is 113 Å². The van der Waals surface area contributed by atoms with Crippen molar-refractivity contribution in [2.45, 2.75) is 26.0 Å². The number of benzene rings is 3. The molecule has 1 amide bonds. The van der Waals surface area contributed by atoms with Crippen molar-refractivity contribution in [3.8, 4) is 5.75 Å². The summed E-state index contributed by atoms with van der Waals surface area (Å²) in [4.78, 5) is 40.3. The molecule has 1 saturated heterocycles. The number of nitro benzene ring substituents is 1. The van der Waals surface area contributed by atoms with Crippen LogP contribution in [0.1, 0.15) is 34.7 Å². The Labute approximate surface area is 227 Å². The predicted molar refractivity (Wildman–Crippen MR) is 147 cm³/mol. The highest BCUT2D eigenvalue weighted by Crippen LogP contribution is 2.40. The van der Waals surface area contributed by atoms with E-state index in [1.807, 2.05) is 50.2 Å². The molecule has 0 aliphatic carbocycles. The van der Waals surface area contributed by atoms with Crippen LogP contribution in [0.25, 0.3) is 5.76 Å². The van der Waals surface area contributed by atoms with Crippen LogP contribution in [0.2, 0.25) is 0 Å². The maximum atomic E-state index is 13.2. The third kappa shape index (κ3) is 6.32. The van der Waals surface area contributed by atoms with Gasteiger partial charge in [-0.3, -0.25) is 19.7 Å². The molecule has 0 spiro atoms. The average molecular weight is 530 g/mol. The average Bonchev–Trinajstić information content (AvgIpc) is 3.17. The molecule has 1 fully saturated rings. The van der Waals surface area contributed by atoms with E-state index in [0.29, 0.717) is 36.4 Å². The Bertz CT molecular complexity index is 1400. The number of ketones is 1. The van der Waals surface area contributed by atoms with Crippen molar-refractivity contribution in [3.63, 3.8) is 0 Å². The van der Waals surface area contributed by atoms with Crippen molar-refractivity contribution in [1.82, 2.24) is 9.80 Å². The van der Waals surface area contributed by atoms with E-state index in [2.05, 4.69) is 0 Å². The Hall–Kier alpha value is -4.50. The van der Waals surface area contributed by atoms with Gasteiger partial charge in [0.05, 0.1) is 16.5 Å². The number of ether oxygens (including phenoxy) is 1. The van der Waals surface area contributed by atoms with Crippen LogP contribution in [0.4, 0.5) is 5.69 Å². The second-order valence-corrected chi connectivity index (χ2v) is 9.80. The molecule has 9 heteroatoms. The lowest BCUT2D eigenvalue weighted by Crippen LogP contribution is -2.32. The quantitative estimate of drug-likeness (QED) is 0.131. The molecular formula is C30H31N3O6. The summed E-state index contributed by atoms with van der Waals surface area (Å²) in [6.07, 6.45) is 0.608. The number of hydrogen-bond acceptors (Lipinski definition) is 7. The lowest BCUT2D eigenvalue weighted by atomic mass is 9.95. The first kappa shape index (κ1) is 27.5. The number of aryl methyl sites for hydroxylation is 1. The summed E-state index contributed by atoms with van der Waals surface area (Å²) >= 11 is 0. The fourth-order valence-electron chi connectivity index (χ4n) is 4.63. The number of non-ortho nitro benzene ring substituents is 1. The van der Waals surface area contributed by atoms with Crippen LogP contribution in [-0.2, 0) is 16.2 Å². The smallest absolute Gasteiger partial charge is 0.295 e. The van der Waals surface area contributed by atoms with E-state index in [0.717, 1.165) is 11.1 Å². The molecule has 9 nitrogen and oxygen atoms in total. The maximum Gasteiger partial charge on any atom is 0.295 e. The molecule has 1 atom stereocenters. The number of amides is 1. The highest BCUT2D eigenvalue weighted by molar-refractivity contribution is 6.46. The van der Waals surface area contributed by atoms with E-state index in [1.165, 1.54) is 29.2 Å². The van der Waals surface area contributed by atoms with Gasteiger partial charge >= 0.3 is 0 Å². The first-order valence-electron chi connectivity index (χ1n) is 12.6. The number of nitrogens with zero attached hydrogens (tertiary/aromatic N) is 3. The molecule has 4 rings (SSSR count). The number of hydrogen-bond donors (Lipinski definition) is 1. The lowest BCUT2D eigenvalue weighted by molar-refractivity contribution is -0.384. The van der Waals surface area contributed by atoms with Gasteiger partial charge in [-0.05, 0) is 81.5 Å². The van der Waals surface area contributed by atoms with Gasteiger partial charge in [0.15, 0.2) is 0 Å². The Kier molecular flexibility index (Phi) is 8.41. The van der Waals surface area contributed by atoms with Gasteiger partial charge in [0.25, 0.3) is 17.4 Å². The van der Waals surface area contributed by atoms with Crippen LogP contribution in [-0.4, -0.2) is 58.7 Å². The van der Waals surface area contributed by atoms with E-state index < -0.39 is 22.7 Å². The Morgan fingerprint density at radius 1 is 1.05 bits per heavy atom. The SMILES string of the molecule is Cc1cccc(COc2ccc(C(O)=C3C(=O)C(=O)N(CCCN(C)C)[C@@H]3c3ccc([N+](=O)[O-])cc3)cc2)c1. The molecule has 0 radical (unpaired) electrons. The number of nitro groups is 1. The van der Waals surface area contributed by atoms with Gasteiger partial charge in [0, 0.05) is 24.2 Å². The standard InChI is InChI=1S/C30H31N3O6/c1-20-6-4-7-21(18-20)19-39-25-14-10-23(11-15-25)28(34)26-27(22-8-12-24(13-9-22)33(37)38)32(30(36)29(26)35)17-5-16-31(2)3/h4,6-15,18,27,34H,5,16-17,19H2,1-3H3/t27-/m1/s1. The minimum Gasteiger partial charge on any atom is -0.507 e. The van der Waals surface area contributed by atoms with E-state index in [1.54, 1.807) is 24.3 Å². The van der Waals surface area contributed by atoms with Crippen molar-refractivity contribution in [2.75, 3.05) is 27.2 Å². The molecule has 1 aliphatic rings. The molecular weight excluding hydrogens is 498 g/mol. The number of carbonyl (C=O) groups excluding carboxylic acids is 2. The summed E-state index contributed by atoms with van der Waals surface area (Å²) in [5, 5.41) is 22.4. The molecule has 0 bridgehead atoms. The van der Waals surface area contributed by atoms with E-state index in [9.17, 15) is 24.8 Å². The summed E-state index contributed by atoms with van der Waals surface area (Å²) in [7, 11) is 3.83. The van der Waals surface area contributed by atoms with E-state index in [4.69, 9.17) is 4.74 Å². The van der Waals surface area contributed by atoms with Crippen LogP contribution >= 0.6 is 0 Å². The number of aliphatic hydroxyl groups is 1. The molecule has 0 aromatic heterocycles. The minimum atomic E-state index is -0.870. The first-order valence-corrected chi connectivity index (χ1v) is 12.6. The molecule has 3 aromatic rings. The third-order valence-corrected chi connectivity index (χ3v) is 6.58. The normalized spacial score (nSPS) is 16.6. The zero-order valence-corrected chi connectivity index (χ0v) is 22.2. The van der Waals surface area contributed by atoms with Gasteiger partial charge in [0.2, 0.25) is 0 Å². The van der Waals surface area contributed by atoms with E-state index >= 15 is 0 Å². The molecule has 202 valence electrons. The molecule has 1 N–H and O–H groups in total. The van der Waals surface area contributed by atoms with Gasteiger partial charge in [-0.1, -0.05) is 29.8 Å². The van der Waals surface area contributed by atoms with Crippen molar-refractivity contribution in [3.05, 3.63) is 111 Å². The number of aliphatic hydroxyl groups excluding tert-OH is 1. The lowest BCUT2D eigenvalue weighted by Gasteiger charge is -2.26. The summed E-state index contributed by atoms with van der Waals surface area (Å²) in [5.74, 6) is -1.22. The zero-order chi connectivity index (χ0) is 28.1. The molecule has 1 heterocycles. The summed E-state index contributed by atoms with van der Waals surface area (Å²) in [6.45, 7) is 3.37. The van der Waals surface area contributed by atoms with E-state index in [-0.39, 0.29) is 23.6 Å². The zero-order valence-electron chi connectivity index (χ0n) is 22.2. The van der Waals surface area contributed by atoms with Crippen molar-refractivity contribution >= 4 is 23.1 Å². The Morgan fingerprint density at radius 3 is 2.36 bits per heavy atom. The van der Waals surface area contributed by atoms with Crippen molar-refractivity contribution in [2.24, 2.45) is 0 Å². The highest BCUT2D eigenvalue weighted by Gasteiger charge is 2.45. The summed E-state index contributed by atoms with van der Waals surface area (Å²) < 4.78 is 5.86.